The van der Waals surface area contributed by atoms with E-state index in [4.69, 9.17) is 22.4 Å². The van der Waals surface area contributed by atoms with Crippen LogP contribution in [0.5, 0.6) is 5.75 Å². The van der Waals surface area contributed by atoms with Crippen LogP contribution in [0.3, 0.4) is 0 Å². The second-order valence-corrected chi connectivity index (χ2v) is 4.69. The Morgan fingerprint density at radius 3 is 2.44 bits per heavy atom. The molecule has 0 aromatic heterocycles. The van der Waals surface area contributed by atoms with Gasteiger partial charge in [-0.2, -0.15) is 0 Å². The minimum Gasteiger partial charge on any atom is -0.507 e. The molecule has 1 unspecified atom stereocenters. The number of nitrogens with two attached hydrogens (primary N) is 1. The lowest BCUT2D eigenvalue weighted by Crippen LogP contribution is -2.17. The quantitative estimate of drug-likeness (QED) is 0.764. The van der Waals surface area contributed by atoms with E-state index in [2.05, 4.69) is 0 Å². The van der Waals surface area contributed by atoms with E-state index in [0.717, 1.165) is 11.1 Å². The van der Waals surface area contributed by atoms with Gasteiger partial charge in [-0.1, -0.05) is 25.4 Å². The Labute approximate surface area is 101 Å². The van der Waals surface area contributed by atoms with Gasteiger partial charge in [0.1, 0.15) is 5.75 Å². The van der Waals surface area contributed by atoms with Gasteiger partial charge in [0.2, 0.25) is 0 Å². The molecule has 0 amide bonds. The fourth-order valence-electron chi connectivity index (χ4n) is 1.76. The Bertz CT molecular complexity index is 391. The summed E-state index contributed by atoms with van der Waals surface area (Å²) < 4.78 is 0. The number of benzene rings is 1. The van der Waals surface area contributed by atoms with Crippen molar-refractivity contribution in [3.05, 3.63) is 27.8 Å². The van der Waals surface area contributed by atoms with Crippen LogP contribution in [0.15, 0.2) is 6.07 Å². The predicted molar refractivity (Wildman–Crippen MR) is 66.0 cm³/mol. The molecule has 90 valence electrons. The van der Waals surface area contributed by atoms with Gasteiger partial charge in [0.25, 0.3) is 0 Å². The minimum atomic E-state index is -0.601. The Balaban J connectivity index is 3.45. The van der Waals surface area contributed by atoms with Crippen molar-refractivity contribution in [2.75, 3.05) is 6.61 Å². The van der Waals surface area contributed by atoms with Gasteiger partial charge >= 0.3 is 0 Å². The molecule has 0 radical (unpaired) electrons. The smallest absolute Gasteiger partial charge is 0.124 e. The molecule has 4 heteroatoms. The average Bonchev–Trinajstić information content (AvgIpc) is 2.22. The van der Waals surface area contributed by atoms with Crippen molar-refractivity contribution < 1.29 is 10.2 Å². The molecule has 1 atom stereocenters. The molecule has 0 fully saturated rings. The lowest BCUT2D eigenvalue weighted by atomic mass is 9.93. The van der Waals surface area contributed by atoms with E-state index in [1.165, 1.54) is 0 Å². The largest absolute Gasteiger partial charge is 0.507 e. The zero-order valence-corrected chi connectivity index (χ0v) is 10.5. The van der Waals surface area contributed by atoms with Gasteiger partial charge in [-0.05, 0) is 30.0 Å². The standard InChI is InChI=1S/C12H18ClNO2/c1-6(2)8-4-9(13)7(3)11(12(8)16)10(14)5-15/h4,6,10,15-16H,5,14H2,1-3H3. The molecule has 1 aromatic carbocycles. The predicted octanol–water partition coefficient (Wildman–Crippen LogP) is 2.47. The van der Waals surface area contributed by atoms with Crippen LogP contribution in [-0.2, 0) is 0 Å². The highest BCUT2D eigenvalue weighted by atomic mass is 35.5. The summed E-state index contributed by atoms with van der Waals surface area (Å²) in [5.41, 5.74) is 7.79. The molecule has 3 nitrogen and oxygen atoms in total. The van der Waals surface area contributed by atoms with Crippen LogP contribution in [0.4, 0.5) is 0 Å². The van der Waals surface area contributed by atoms with Crippen LogP contribution in [-0.4, -0.2) is 16.8 Å². The summed E-state index contributed by atoms with van der Waals surface area (Å²) in [6.07, 6.45) is 0. The van der Waals surface area contributed by atoms with Crippen LogP contribution >= 0.6 is 11.6 Å². The molecule has 0 saturated carbocycles. The molecule has 0 spiro atoms. The first-order chi connectivity index (χ1) is 7.40. The molecule has 16 heavy (non-hydrogen) atoms. The molecule has 0 heterocycles. The van der Waals surface area contributed by atoms with Crippen LogP contribution in [0, 0.1) is 6.92 Å². The Morgan fingerprint density at radius 1 is 1.44 bits per heavy atom. The second kappa shape index (κ2) is 5.04. The van der Waals surface area contributed by atoms with Crippen molar-refractivity contribution in [3.63, 3.8) is 0 Å². The molecular weight excluding hydrogens is 226 g/mol. The molecule has 0 aliphatic heterocycles. The van der Waals surface area contributed by atoms with Gasteiger partial charge < -0.3 is 15.9 Å². The third-order valence-electron chi connectivity index (χ3n) is 2.76. The fourth-order valence-corrected chi connectivity index (χ4v) is 1.98. The molecule has 4 N–H and O–H groups in total. The first-order valence-corrected chi connectivity index (χ1v) is 5.66. The number of phenolic OH excluding ortho intramolecular Hbond substituents is 1. The number of aliphatic hydroxyl groups excluding tert-OH is 1. The van der Waals surface area contributed by atoms with Gasteiger partial charge in [0.15, 0.2) is 0 Å². The summed E-state index contributed by atoms with van der Waals surface area (Å²) >= 11 is 6.09. The Morgan fingerprint density at radius 2 is 2.00 bits per heavy atom. The highest BCUT2D eigenvalue weighted by molar-refractivity contribution is 6.31. The number of hydrogen-bond donors (Lipinski definition) is 3. The van der Waals surface area contributed by atoms with E-state index < -0.39 is 6.04 Å². The van der Waals surface area contributed by atoms with Gasteiger partial charge in [-0.15, -0.1) is 0 Å². The zero-order valence-electron chi connectivity index (χ0n) is 9.79. The Kier molecular flexibility index (Phi) is 4.19. The maximum absolute atomic E-state index is 10.1. The highest BCUT2D eigenvalue weighted by Gasteiger charge is 2.20. The number of phenols is 1. The number of hydrogen-bond acceptors (Lipinski definition) is 3. The van der Waals surface area contributed by atoms with Gasteiger partial charge in [-0.25, -0.2) is 0 Å². The van der Waals surface area contributed by atoms with Crippen LogP contribution in [0.25, 0.3) is 0 Å². The molecule has 1 rings (SSSR count). The average molecular weight is 244 g/mol. The van der Waals surface area contributed by atoms with Crippen molar-refractivity contribution >= 4 is 11.6 Å². The van der Waals surface area contributed by atoms with Crippen molar-refractivity contribution in [2.24, 2.45) is 5.73 Å². The third kappa shape index (κ3) is 2.32. The first-order valence-electron chi connectivity index (χ1n) is 5.28. The van der Waals surface area contributed by atoms with Gasteiger partial charge in [0, 0.05) is 10.6 Å². The van der Waals surface area contributed by atoms with Crippen LogP contribution in [0.2, 0.25) is 5.02 Å². The summed E-state index contributed by atoms with van der Waals surface area (Å²) in [6, 6.07) is 1.15. The maximum Gasteiger partial charge on any atom is 0.124 e. The Hall–Kier alpha value is -0.770. The van der Waals surface area contributed by atoms with Crippen molar-refractivity contribution in [2.45, 2.75) is 32.7 Å². The summed E-state index contributed by atoms with van der Waals surface area (Å²) in [4.78, 5) is 0. The summed E-state index contributed by atoms with van der Waals surface area (Å²) in [5.74, 6) is 0.307. The van der Waals surface area contributed by atoms with Crippen LogP contribution in [0.1, 0.15) is 42.5 Å². The fraction of sp³-hybridized carbons (Fsp3) is 0.500. The number of aromatic hydroxyl groups is 1. The summed E-state index contributed by atoms with van der Waals surface area (Å²) in [5, 5.41) is 19.8. The summed E-state index contributed by atoms with van der Waals surface area (Å²) in [6.45, 7) is 5.51. The maximum atomic E-state index is 10.1. The molecule has 1 aromatic rings. The highest BCUT2D eigenvalue weighted by Crippen LogP contribution is 2.38. The van der Waals surface area contributed by atoms with Crippen molar-refractivity contribution in [1.82, 2.24) is 0 Å². The lowest BCUT2D eigenvalue weighted by molar-refractivity contribution is 0.264. The van der Waals surface area contributed by atoms with Crippen molar-refractivity contribution in [3.8, 4) is 5.75 Å². The van der Waals surface area contributed by atoms with Crippen LogP contribution < -0.4 is 5.73 Å². The van der Waals surface area contributed by atoms with Crippen molar-refractivity contribution in [1.29, 1.82) is 0 Å². The van der Waals surface area contributed by atoms with E-state index in [9.17, 15) is 5.11 Å². The van der Waals surface area contributed by atoms with Gasteiger partial charge in [0.05, 0.1) is 12.6 Å². The molecule has 0 bridgehead atoms. The van der Waals surface area contributed by atoms with E-state index >= 15 is 0 Å². The molecule has 0 aliphatic carbocycles. The number of rotatable bonds is 3. The first kappa shape index (κ1) is 13.3. The lowest BCUT2D eigenvalue weighted by Gasteiger charge is -2.19. The molecular formula is C12H18ClNO2. The normalized spacial score (nSPS) is 13.2. The second-order valence-electron chi connectivity index (χ2n) is 4.28. The SMILES string of the molecule is Cc1c(Cl)cc(C(C)C)c(O)c1C(N)CO. The monoisotopic (exact) mass is 243 g/mol. The summed E-state index contributed by atoms with van der Waals surface area (Å²) in [7, 11) is 0. The minimum absolute atomic E-state index is 0.151. The van der Waals surface area contributed by atoms with Gasteiger partial charge in [-0.3, -0.25) is 0 Å². The molecule has 0 saturated heterocycles. The third-order valence-corrected chi connectivity index (χ3v) is 3.16. The van der Waals surface area contributed by atoms with E-state index in [1.807, 2.05) is 13.8 Å². The molecule has 0 aliphatic rings. The van der Waals surface area contributed by atoms with E-state index in [0.29, 0.717) is 10.6 Å². The number of aliphatic hydroxyl groups is 1. The zero-order chi connectivity index (χ0) is 12.5. The van der Waals surface area contributed by atoms with E-state index in [1.54, 1.807) is 13.0 Å². The van der Waals surface area contributed by atoms with E-state index in [-0.39, 0.29) is 18.3 Å². The number of halogens is 1. The topological polar surface area (TPSA) is 66.5 Å².